The molecule has 0 aromatic rings. The van der Waals surface area contributed by atoms with E-state index >= 15 is 0 Å². The Morgan fingerprint density at radius 1 is 1.33 bits per heavy atom. The SMILES string of the molecule is SCC(S)COCCOCC1CCCO1. The van der Waals surface area contributed by atoms with Crippen LogP contribution in [0.2, 0.25) is 0 Å². The summed E-state index contributed by atoms with van der Waals surface area (Å²) in [5.74, 6) is 0.736. The molecule has 1 heterocycles. The lowest BCUT2D eigenvalue weighted by molar-refractivity contribution is -0.00630. The molecule has 1 fully saturated rings. The second kappa shape index (κ2) is 8.70. The van der Waals surface area contributed by atoms with Crippen LogP contribution in [0.15, 0.2) is 0 Å². The lowest BCUT2D eigenvalue weighted by Crippen LogP contribution is -2.18. The van der Waals surface area contributed by atoms with Crippen LogP contribution in [0.1, 0.15) is 12.8 Å². The molecule has 0 saturated carbocycles. The highest BCUT2D eigenvalue weighted by Crippen LogP contribution is 2.11. The summed E-state index contributed by atoms with van der Waals surface area (Å²) >= 11 is 8.38. The third kappa shape index (κ3) is 6.68. The fraction of sp³-hybridized carbons (Fsp3) is 1.00. The van der Waals surface area contributed by atoms with E-state index in [-0.39, 0.29) is 5.25 Å². The van der Waals surface area contributed by atoms with Crippen LogP contribution in [-0.2, 0) is 14.2 Å². The molecule has 90 valence electrons. The Bertz CT molecular complexity index is 152. The van der Waals surface area contributed by atoms with Gasteiger partial charge in [-0.3, -0.25) is 0 Å². The molecule has 1 rings (SSSR count). The van der Waals surface area contributed by atoms with Crippen LogP contribution in [0.3, 0.4) is 0 Å². The van der Waals surface area contributed by atoms with Gasteiger partial charge in [-0.1, -0.05) is 0 Å². The van der Waals surface area contributed by atoms with E-state index in [1.54, 1.807) is 0 Å². The van der Waals surface area contributed by atoms with Crippen LogP contribution in [-0.4, -0.2) is 50.1 Å². The Kier molecular flexibility index (Phi) is 7.91. The standard InChI is InChI=1S/C10H20O3S2/c14-8-10(15)7-12-5-4-11-6-9-2-1-3-13-9/h9-10,14-15H,1-8H2. The highest BCUT2D eigenvalue weighted by Gasteiger charge is 2.14. The summed E-state index contributed by atoms with van der Waals surface area (Å²) < 4.78 is 16.2. The Morgan fingerprint density at radius 3 is 2.80 bits per heavy atom. The van der Waals surface area contributed by atoms with E-state index in [9.17, 15) is 0 Å². The number of thiol groups is 2. The smallest absolute Gasteiger partial charge is 0.0809 e. The molecule has 2 atom stereocenters. The van der Waals surface area contributed by atoms with Crippen molar-refractivity contribution in [2.24, 2.45) is 0 Å². The van der Waals surface area contributed by atoms with Gasteiger partial charge < -0.3 is 14.2 Å². The monoisotopic (exact) mass is 252 g/mol. The zero-order chi connectivity index (χ0) is 10.9. The molecular formula is C10H20O3S2. The summed E-state index contributed by atoms with van der Waals surface area (Å²) in [6.07, 6.45) is 2.59. The predicted molar refractivity (Wildman–Crippen MR) is 67.2 cm³/mol. The molecule has 1 saturated heterocycles. The number of rotatable bonds is 8. The van der Waals surface area contributed by atoms with Crippen LogP contribution in [0.4, 0.5) is 0 Å². The highest BCUT2D eigenvalue weighted by atomic mass is 32.1. The minimum Gasteiger partial charge on any atom is -0.378 e. The first-order valence-electron chi connectivity index (χ1n) is 5.39. The van der Waals surface area contributed by atoms with Crippen molar-refractivity contribution < 1.29 is 14.2 Å². The van der Waals surface area contributed by atoms with Gasteiger partial charge in [0.2, 0.25) is 0 Å². The van der Waals surface area contributed by atoms with Gasteiger partial charge in [0, 0.05) is 17.6 Å². The molecule has 1 aliphatic heterocycles. The summed E-state index contributed by atoms with van der Waals surface area (Å²) in [6.45, 7) is 3.47. The average molecular weight is 252 g/mol. The third-order valence-electron chi connectivity index (χ3n) is 2.22. The molecule has 0 amide bonds. The van der Waals surface area contributed by atoms with Crippen molar-refractivity contribution >= 4 is 25.3 Å². The Balaban J connectivity index is 1.80. The highest BCUT2D eigenvalue weighted by molar-refractivity contribution is 7.84. The maximum Gasteiger partial charge on any atom is 0.0809 e. The van der Waals surface area contributed by atoms with Crippen LogP contribution < -0.4 is 0 Å². The molecule has 0 aromatic heterocycles. The molecule has 2 unspecified atom stereocenters. The van der Waals surface area contributed by atoms with Crippen LogP contribution in [0, 0.1) is 0 Å². The van der Waals surface area contributed by atoms with Crippen LogP contribution >= 0.6 is 25.3 Å². The van der Waals surface area contributed by atoms with Gasteiger partial charge in [-0.25, -0.2) is 0 Å². The van der Waals surface area contributed by atoms with Crippen LogP contribution in [0.25, 0.3) is 0 Å². The Hall–Kier alpha value is 0.580. The number of hydrogen-bond acceptors (Lipinski definition) is 5. The summed E-state index contributed by atoms with van der Waals surface area (Å²) in [5.41, 5.74) is 0. The summed E-state index contributed by atoms with van der Waals surface area (Å²) in [4.78, 5) is 0. The van der Waals surface area contributed by atoms with Gasteiger partial charge >= 0.3 is 0 Å². The fourth-order valence-electron chi connectivity index (χ4n) is 1.38. The lowest BCUT2D eigenvalue weighted by Gasteiger charge is -2.11. The topological polar surface area (TPSA) is 27.7 Å². The summed E-state index contributed by atoms with van der Waals surface area (Å²) in [6, 6.07) is 0. The molecular weight excluding hydrogens is 232 g/mol. The van der Waals surface area contributed by atoms with E-state index < -0.39 is 0 Å². The molecule has 0 aromatic carbocycles. The van der Waals surface area contributed by atoms with Crippen molar-refractivity contribution in [3.05, 3.63) is 0 Å². The first-order chi connectivity index (χ1) is 7.33. The third-order valence-corrected chi connectivity index (χ3v) is 3.28. The zero-order valence-corrected chi connectivity index (χ0v) is 10.7. The molecule has 0 radical (unpaired) electrons. The van der Waals surface area contributed by atoms with E-state index in [1.807, 2.05) is 0 Å². The largest absolute Gasteiger partial charge is 0.378 e. The maximum absolute atomic E-state index is 5.44. The lowest BCUT2D eigenvalue weighted by atomic mass is 10.2. The number of hydrogen-bond donors (Lipinski definition) is 2. The molecule has 0 N–H and O–H groups in total. The predicted octanol–water partition coefficient (Wildman–Crippen LogP) is 1.43. The fourth-order valence-corrected chi connectivity index (χ4v) is 1.59. The first kappa shape index (κ1) is 13.6. The molecule has 5 heteroatoms. The summed E-state index contributed by atoms with van der Waals surface area (Å²) in [5, 5.41) is 0.214. The molecule has 3 nitrogen and oxygen atoms in total. The van der Waals surface area contributed by atoms with Crippen molar-refractivity contribution in [1.82, 2.24) is 0 Å². The minimum atomic E-state index is 0.214. The van der Waals surface area contributed by atoms with E-state index in [0.29, 0.717) is 32.5 Å². The Labute approximate surface area is 103 Å². The molecule has 0 bridgehead atoms. The van der Waals surface area contributed by atoms with E-state index in [4.69, 9.17) is 14.2 Å². The minimum absolute atomic E-state index is 0.214. The second-order valence-electron chi connectivity index (χ2n) is 3.62. The van der Waals surface area contributed by atoms with Gasteiger partial charge in [0.05, 0.1) is 32.5 Å². The van der Waals surface area contributed by atoms with Gasteiger partial charge in [0.25, 0.3) is 0 Å². The second-order valence-corrected chi connectivity index (χ2v) is 4.72. The van der Waals surface area contributed by atoms with Crippen molar-refractivity contribution in [1.29, 1.82) is 0 Å². The molecule has 15 heavy (non-hydrogen) atoms. The quantitative estimate of drug-likeness (QED) is 0.505. The summed E-state index contributed by atoms with van der Waals surface area (Å²) in [7, 11) is 0. The first-order valence-corrected chi connectivity index (χ1v) is 6.54. The van der Waals surface area contributed by atoms with Crippen molar-refractivity contribution in [2.45, 2.75) is 24.2 Å². The molecule has 0 aliphatic carbocycles. The molecule has 1 aliphatic rings. The maximum atomic E-state index is 5.44. The van der Waals surface area contributed by atoms with Crippen LogP contribution in [0.5, 0.6) is 0 Å². The van der Waals surface area contributed by atoms with Gasteiger partial charge in [0.1, 0.15) is 0 Å². The van der Waals surface area contributed by atoms with Crippen molar-refractivity contribution in [3.63, 3.8) is 0 Å². The van der Waals surface area contributed by atoms with Gasteiger partial charge in [0.15, 0.2) is 0 Å². The Morgan fingerprint density at radius 2 is 2.13 bits per heavy atom. The van der Waals surface area contributed by atoms with E-state index in [1.165, 1.54) is 0 Å². The number of ether oxygens (including phenoxy) is 3. The van der Waals surface area contributed by atoms with Crippen molar-refractivity contribution in [2.75, 3.05) is 38.8 Å². The molecule has 0 spiro atoms. The van der Waals surface area contributed by atoms with Gasteiger partial charge in [-0.05, 0) is 12.8 Å². The van der Waals surface area contributed by atoms with E-state index in [2.05, 4.69) is 25.3 Å². The van der Waals surface area contributed by atoms with Gasteiger partial charge in [-0.2, -0.15) is 25.3 Å². The normalized spacial score (nSPS) is 23.2. The van der Waals surface area contributed by atoms with Crippen molar-refractivity contribution in [3.8, 4) is 0 Å². The average Bonchev–Trinajstić information content (AvgIpc) is 2.75. The zero-order valence-electron chi connectivity index (χ0n) is 8.93. The van der Waals surface area contributed by atoms with Gasteiger partial charge in [-0.15, -0.1) is 0 Å². The van der Waals surface area contributed by atoms with E-state index in [0.717, 1.165) is 25.2 Å².